The molecule has 0 spiro atoms. The van der Waals surface area contributed by atoms with Crippen molar-refractivity contribution in [1.29, 1.82) is 0 Å². The van der Waals surface area contributed by atoms with E-state index in [2.05, 4.69) is 12.2 Å². The summed E-state index contributed by atoms with van der Waals surface area (Å²) in [5, 5.41) is 24.1. The van der Waals surface area contributed by atoms with Crippen LogP contribution in [0, 0.1) is 0 Å². The second kappa shape index (κ2) is 14.9. The molecule has 0 aliphatic heterocycles. The van der Waals surface area contributed by atoms with Gasteiger partial charge in [0, 0.05) is 29.2 Å². The molecule has 0 bridgehead atoms. The summed E-state index contributed by atoms with van der Waals surface area (Å²) in [6, 6.07) is 20.5. The van der Waals surface area contributed by atoms with Crippen LogP contribution in [0.15, 0.2) is 66.7 Å². The fraction of sp³-hybridized carbons (Fsp3) is 0.333. The van der Waals surface area contributed by atoms with E-state index in [1.54, 1.807) is 50.6 Å². The number of rotatable bonds is 10. The number of nitrogens with one attached hydrogen (secondary N) is 1. The predicted octanol–water partition coefficient (Wildman–Crippen LogP) is 4.94. The second-order valence-electron chi connectivity index (χ2n) is 8.08. The Morgan fingerprint density at radius 3 is 1.91 bits per heavy atom. The van der Waals surface area contributed by atoms with Gasteiger partial charge in [0.25, 0.3) is 0 Å². The number of nitrogens with two attached hydrogens (primary N) is 1. The van der Waals surface area contributed by atoms with E-state index >= 15 is 0 Å². The number of benzene rings is 3. The molecular weight excluding hydrogens is 487 g/mol. The molecule has 0 amide bonds. The van der Waals surface area contributed by atoms with Gasteiger partial charge in [0.2, 0.25) is 0 Å². The lowest BCUT2D eigenvalue weighted by Crippen LogP contribution is -2.32. The largest absolute Gasteiger partial charge is 0.493 e. The molecule has 3 atom stereocenters. The van der Waals surface area contributed by atoms with Crippen molar-refractivity contribution in [2.45, 2.75) is 31.6 Å². The van der Waals surface area contributed by atoms with E-state index in [0.717, 1.165) is 34.6 Å². The summed E-state index contributed by atoms with van der Waals surface area (Å²) < 4.78 is 10.6. The smallest absolute Gasteiger partial charge is 0.160 e. The Kier molecular flexibility index (Phi) is 12.3. The summed E-state index contributed by atoms with van der Waals surface area (Å²) in [7, 11) is 3.25. The fourth-order valence-electron chi connectivity index (χ4n) is 3.43. The molecule has 6 nitrogen and oxygen atoms in total. The topological polar surface area (TPSA) is 97.0 Å². The first-order chi connectivity index (χ1) is 16.8. The number of hydrogen-bond donors (Lipinski definition) is 4. The van der Waals surface area contributed by atoms with Crippen molar-refractivity contribution >= 4 is 23.2 Å². The summed E-state index contributed by atoms with van der Waals surface area (Å²) in [6.45, 7) is 2.77. The van der Waals surface area contributed by atoms with Gasteiger partial charge in [-0.05, 0) is 66.4 Å². The number of aliphatic hydroxyl groups is 2. The van der Waals surface area contributed by atoms with Gasteiger partial charge in [0.1, 0.15) is 0 Å². The Morgan fingerprint density at radius 1 is 0.829 bits per heavy atom. The minimum absolute atomic E-state index is 0.205. The van der Waals surface area contributed by atoms with Crippen LogP contribution < -0.4 is 20.5 Å². The van der Waals surface area contributed by atoms with Gasteiger partial charge in [-0.15, -0.1) is 0 Å². The van der Waals surface area contributed by atoms with Crippen LogP contribution in [0.1, 0.15) is 35.8 Å². The molecule has 0 unspecified atom stereocenters. The zero-order valence-electron chi connectivity index (χ0n) is 20.2. The molecule has 35 heavy (non-hydrogen) atoms. The molecule has 3 aromatic carbocycles. The lowest BCUT2D eigenvalue weighted by Gasteiger charge is -2.18. The Morgan fingerprint density at radius 2 is 1.40 bits per heavy atom. The zero-order chi connectivity index (χ0) is 25.8. The van der Waals surface area contributed by atoms with E-state index in [0.29, 0.717) is 16.6 Å². The first-order valence-electron chi connectivity index (χ1n) is 11.3. The van der Waals surface area contributed by atoms with E-state index in [-0.39, 0.29) is 12.6 Å². The molecule has 0 aliphatic carbocycles. The maximum absolute atomic E-state index is 10.3. The Bertz CT molecular complexity index is 1050. The minimum Gasteiger partial charge on any atom is -0.493 e. The minimum atomic E-state index is -0.603. The van der Waals surface area contributed by atoms with Crippen molar-refractivity contribution in [2.24, 2.45) is 5.73 Å². The van der Waals surface area contributed by atoms with Crippen LogP contribution in [0.4, 0.5) is 0 Å². The van der Waals surface area contributed by atoms with Crippen LogP contribution in [-0.2, 0) is 6.42 Å². The third-order valence-electron chi connectivity index (χ3n) is 5.34. The molecule has 3 aromatic rings. The molecule has 0 fully saturated rings. The lowest BCUT2D eigenvalue weighted by atomic mass is 10.1. The molecular formula is C27H34Cl2N2O4. The van der Waals surface area contributed by atoms with Crippen molar-refractivity contribution in [3.63, 3.8) is 0 Å². The van der Waals surface area contributed by atoms with Crippen LogP contribution in [0.3, 0.4) is 0 Å². The molecule has 0 saturated carbocycles. The third-order valence-corrected chi connectivity index (χ3v) is 5.81. The summed E-state index contributed by atoms with van der Waals surface area (Å²) in [5.41, 5.74) is 7.98. The molecule has 0 heterocycles. The third kappa shape index (κ3) is 9.68. The summed E-state index contributed by atoms with van der Waals surface area (Å²) >= 11 is 11.7. The van der Waals surface area contributed by atoms with Crippen LogP contribution in [0.2, 0.25) is 10.0 Å². The molecule has 0 saturated heterocycles. The van der Waals surface area contributed by atoms with E-state index in [9.17, 15) is 10.2 Å². The van der Waals surface area contributed by atoms with Crippen molar-refractivity contribution in [3.05, 3.63) is 93.5 Å². The van der Waals surface area contributed by atoms with Gasteiger partial charge in [0.15, 0.2) is 11.5 Å². The van der Waals surface area contributed by atoms with Gasteiger partial charge in [-0.25, -0.2) is 0 Å². The average Bonchev–Trinajstić information content (AvgIpc) is 2.87. The fourth-order valence-corrected chi connectivity index (χ4v) is 3.83. The van der Waals surface area contributed by atoms with Crippen molar-refractivity contribution in [1.82, 2.24) is 5.32 Å². The molecule has 5 N–H and O–H groups in total. The lowest BCUT2D eigenvalue weighted by molar-refractivity contribution is 0.170. The normalized spacial score (nSPS) is 13.3. The maximum Gasteiger partial charge on any atom is 0.160 e. The van der Waals surface area contributed by atoms with Gasteiger partial charge in [0.05, 0.1) is 26.4 Å². The van der Waals surface area contributed by atoms with Gasteiger partial charge < -0.3 is 30.7 Å². The Labute approximate surface area is 217 Å². The Hall–Kier alpha value is -2.32. The zero-order valence-corrected chi connectivity index (χ0v) is 21.8. The summed E-state index contributed by atoms with van der Waals surface area (Å²) in [5.74, 6) is 1.44. The highest BCUT2D eigenvalue weighted by Crippen LogP contribution is 2.28. The highest BCUT2D eigenvalue weighted by atomic mass is 35.5. The van der Waals surface area contributed by atoms with Crippen LogP contribution in [0.5, 0.6) is 11.5 Å². The molecule has 3 rings (SSSR count). The van der Waals surface area contributed by atoms with Gasteiger partial charge in [-0.2, -0.15) is 0 Å². The second-order valence-corrected chi connectivity index (χ2v) is 8.95. The molecule has 0 aromatic heterocycles. The Balaban J connectivity index is 0.000000328. The number of aliphatic hydroxyl groups excluding tert-OH is 2. The first-order valence-corrected chi connectivity index (χ1v) is 12.0. The number of methoxy groups -OCH3 is 2. The average molecular weight is 521 g/mol. The highest BCUT2D eigenvalue weighted by molar-refractivity contribution is 6.30. The summed E-state index contributed by atoms with van der Waals surface area (Å²) in [4.78, 5) is 0. The molecule has 0 aliphatic rings. The van der Waals surface area contributed by atoms with E-state index < -0.39 is 12.2 Å². The van der Waals surface area contributed by atoms with E-state index in [4.69, 9.17) is 38.4 Å². The molecule has 190 valence electrons. The number of hydrogen-bond acceptors (Lipinski definition) is 6. The monoisotopic (exact) mass is 520 g/mol. The highest BCUT2D eigenvalue weighted by Gasteiger charge is 2.12. The van der Waals surface area contributed by atoms with Crippen LogP contribution in [0.25, 0.3) is 0 Å². The van der Waals surface area contributed by atoms with Crippen molar-refractivity contribution in [2.75, 3.05) is 27.3 Å². The van der Waals surface area contributed by atoms with Crippen LogP contribution >= 0.6 is 23.2 Å². The van der Waals surface area contributed by atoms with Crippen LogP contribution in [-0.4, -0.2) is 43.6 Å². The molecule has 8 heteroatoms. The molecule has 0 radical (unpaired) electrons. The van der Waals surface area contributed by atoms with E-state index in [1.165, 1.54) is 0 Å². The number of ether oxygens (including phenoxy) is 2. The summed E-state index contributed by atoms with van der Waals surface area (Å²) in [6.07, 6.45) is -0.368. The van der Waals surface area contributed by atoms with Gasteiger partial charge >= 0.3 is 0 Å². The van der Waals surface area contributed by atoms with Gasteiger partial charge in [-0.1, -0.05) is 53.5 Å². The van der Waals surface area contributed by atoms with E-state index in [1.807, 2.05) is 30.3 Å². The number of halogens is 2. The standard InChI is InChI=1S/C19H24ClNO3.C8H10ClNO/c1-13(9-14-7-8-18(23-2)19(10-14)24-3)21-12-17(22)15-5-4-6-16(20)11-15;9-7-3-1-2-6(4-7)8(11)5-10/h4-8,10-11,13,17,21-22H,9,12H2,1-3H3;1-4,8,11H,5,10H2/t13-,17+;8-/m10/s1. The van der Waals surface area contributed by atoms with Crippen molar-refractivity contribution in [3.8, 4) is 11.5 Å². The predicted molar refractivity (Wildman–Crippen MR) is 143 cm³/mol. The van der Waals surface area contributed by atoms with Crippen molar-refractivity contribution < 1.29 is 19.7 Å². The first kappa shape index (κ1) is 28.9. The maximum atomic E-state index is 10.3. The quantitative estimate of drug-likeness (QED) is 0.302. The van der Waals surface area contributed by atoms with Gasteiger partial charge in [-0.3, -0.25) is 0 Å². The SMILES string of the molecule is COc1ccc(C[C@@H](C)NC[C@H](O)c2cccc(Cl)c2)cc1OC.NC[C@H](O)c1cccc(Cl)c1.